The van der Waals surface area contributed by atoms with Crippen molar-refractivity contribution in [3.8, 4) is 11.3 Å². The fraction of sp³-hybridized carbons (Fsp3) is 0.286. The molecule has 2 heterocycles. The Morgan fingerprint density at radius 3 is 2.62 bits per heavy atom. The van der Waals surface area contributed by atoms with E-state index in [-0.39, 0.29) is 0 Å². The Morgan fingerprint density at radius 1 is 1.24 bits per heavy atom. The first-order valence-electron chi connectivity index (χ1n) is 6.58. The summed E-state index contributed by atoms with van der Waals surface area (Å²) in [6.07, 6.45) is -0.856. The van der Waals surface area contributed by atoms with Crippen LogP contribution >= 0.6 is 22.9 Å². The highest BCUT2D eigenvalue weighted by Crippen LogP contribution is 2.32. The summed E-state index contributed by atoms with van der Waals surface area (Å²) >= 11 is 7.75. The van der Waals surface area contributed by atoms with Gasteiger partial charge in [-0.25, -0.2) is 9.78 Å². The third-order valence-electron chi connectivity index (χ3n) is 3.46. The molecule has 110 valence electrons. The largest absolute Gasteiger partial charge is 0.465 e. The van der Waals surface area contributed by atoms with E-state index in [0.29, 0.717) is 31.2 Å². The average Bonchev–Trinajstić information content (AvgIpc) is 2.97. The highest BCUT2D eigenvalue weighted by atomic mass is 35.5. The molecule has 1 amide bonds. The van der Waals surface area contributed by atoms with E-state index >= 15 is 0 Å². The number of aromatic nitrogens is 1. The van der Waals surface area contributed by atoms with Crippen LogP contribution in [0.5, 0.6) is 0 Å². The number of anilines is 1. The van der Waals surface area contributed by atoms with Crippen LogP contribution in [-0.2, 0) is 0 Å². The van der Waals surface area contributed by atoms with Crippen LogP contribution in [0.3, 0.4) is 0 Å². The monoisotopic (exact) mass is 323 g/mol. The molecule has 1 N–H and O–H groups in total. The van der Waals surface area contributed by atoms with Crippen molar-refractivity contribution < 1.29 is 9.90 Å². The Labute approximate surface area is 131 Å². The van der Waals surface area contributed by atoms with Gasteiger partial charge in [0, 0.05) is 42.1 Å². The van der Waals surface area contributed by atoms with Crippen LogP contribution in [-0.4, -0.2) is 47.3 Å². The molecule has 7 heteroatoms. The van der Waals surface area contributed by atoms with Gasteiger partial charge in [0.05, 0.1) is 5.69 Å². The van der Waals surface area contributed by atoms with Crippen molar-refractivity contribution in [2.45, 2.75) is 0 Å². The summed E-state index contributed by atoms with van der Waals surface area (Å²) in [6, 6.07) is 7.63. The van der Waals surface area contributed by atoms with Gasteiger partial charge in [-0.1, -0.05) is 29.8 Å². The lowest BCUT2D eigenvalue weighted by Crippen LogP contribution is -2.48. The second-order valence-corrected chi connectivity index (χ2v) is 6.00. The van der Waals surface area contributed by atoms with Crippen LogP contribution in [0.1, 0.15) is 0 Å². The van der Waals surface area contributed by atoms with Gasteiger partial charge in [-0.15, -0.1) is 11.3 Å². The number of benzene rings is 1. The van der Waals surface area contributed by atoms with Crippen molar-refractivity contribution in [3.63, 3.8) is 0 Å². The number of hydrogen-bond donors (Lipinski definition) is 1. The van der Waals surface area contributed by atoms with Gasteiger partial charge in [0.15, 0.2) is 5.13 Å². The lowest BCUT2D eigenvalue weighted by atomic mass is 10.2. The first kappa shape index (κ1) is 14.2. The van der Waals surface area contributed by atoms with Crippen LogP contribution in [0.15, 0.2) is 29.6 Å². The van der Waals surface area contributed by atoms with Gasteiger partial charge in [0.25, 0.3) is 0 Å². The van der Waals surface area contributed by atoms with Crippen molar-refractivity contribution in [1.82, 2.24) is 9.88 Å². The van der Waals surface area contributed by atoms with Gasteiger partial charge in [-0.05, 0) is 6.07 Å². The summed E-state index contributed by atoms with van der Waals surface area (Å²) < 4.78 is 0. The molecule has 1 aromatic carbocycles. The third-order valence-corrected chi connectivity index (χ3v) is 4.69. The van der Waals surface area contributed by atoms with Crippen molar-refractivity contribution in [3.05, 3.63) is 34.7 Å². The summed E-state index contributed by atoms with van der Waals surface area (Å²) in [6.45, 7) is 2.36. The van der Waals surface area contributed by atoms with Crippen LogP contribution in [0, 0.1) is 0 Å². The molecule has 0 radical (unpaired) electrons. The number of carbonyl (C=O) groups is 1. The molecule has 2 aromatic rings. The van der Waals surface area contributed by atoms with E-state index in [1.165, 1.54) is 4.90 Å². The standard InChI is InChI=1S/C14H14ClN3O2S/c15-11-4-2-1-3-10(11)12-9-21-13(16-12)17-5-7-18(8-6-17)14(19)20/h1-4,9H,5-8H2,(H,19,20). The van der Waals surface area contributed by atoms with E-state index in [1.54, 1.807) is 11.3 Å². The van der Waals surface area contributed by atoms with E-state index in [0.717, 1.165) is 16.4 Å². The minimum Gasteiger partial charge on any atom is -0.465 e. The molecule has 1 saturated heterocycles. The molecular formula is C14H14ClN3O2S. The predicted molar refractivity (Wildman–Crippen MR) is 84.4 cm³/mol. The van der Waals surface area contributed by atoms with Crippen molar-refractivity contribution in [2.75, 3.05) is 31.1 Å². The Morgan fingerprint density at radius 2 is 1.95 bits per heavy atom. The molecule has 1 fully saturated rings. The second-order valence-electron chi connectivity index (χ2n) is 4.75. The zero-order chi connectivity index (χ0) is 14.8. The normalized spacial score (nSPS) is 15.3. The number of halogens is 1. The van der Waals surface area contributed by atoms with E-state index in [9.17, 15) is 4.79 Å². The van der Waals surface area contributed by atoms with Crippen LogP contribution in [0.2, 0.25) is 5.02 Å². The first-order valence-corrected chi connectivity index (χ1v) is 7.84. The molecule has 0 bridgehead atoms. The molecule has 1 aliphatic heterocycles. The Balaban J connectivity index is 1.74. The maximum absolute atomic E-state index is 10.9. The summed E-state index contributed by atoms with van der Waals surface area (Å²) in [4.78, 5) is 19.1. The summed E-state index contributed by atoms with van der Waals surface area (Å²) in [5.41, 5.74) is 1.78. The molecule has 0 spiro atoms. The van der Waals surface area contributed by atoms with E-state index in [2.05, 4.69) is 9.88 Å². The van der Waals surface area contributed by atoms with Gasteiger partial charge in [0.1, 0.15) is 0 Å². The van der Waals surface area contributed by atoms with Crippen LogP contribution in [0.25, 0.3) is 11.3 Å². The zero-order valence-corrected chi connectivity index (χ0v) is 12.8. The Hall–Kier alpha value is -1.79. The van der Waals surface area contributed by atoms with Gasteiger partial charge in [0.2, 0.25) is 0 Å². The molecule has 0 unspecified atom stereocenters. The molecule has 0 aliphatic carbocycles. The average molecular weight is 324 g/mol. The molecule has 1 aromatic heterocycles. The SMILES string of the molecule is O=C(O)N1CCN(c2nc(-c3ccccc3Cl)cs2)CC1. The molecule has 0 atom stereocenters. The minimum absolute atomic E-state index is 0.510. The van der Waals surface area contributed by atoms with Crippen molar-refractivity contribution in [1.29, 1.82) is 0 Å². The predicted octanol–water partition coefficient (Wildman–Crippen LogP) is 3.26. The molecule has 5 nitrogen and oxygen atoms in total. The summed E-state index contributed by atoms with van der Waals surface area (Å²) in [5.74, 6) is 0. The number of hydrogen-bond acceptors (Lipinski definition) is 4. The van der Waals surface area contributed by atoms with Gasteiger partial charge < -0.3 is 14.9 Å². The highest BCUT2D eigenvalue weighted by molar-refractivity contribution is 7.14. The number of amides is 1. The number of carboxylic acid groups (broad SMARTS) is 1. The maximum Gasteiger partial charge on any atom is 0.407 e. The first-order chi connectivity index (χ1) is 10.1. The van der Waals surface area contributed by atoms with E-state index in [4.69, 9.17) is 16.7 Å². The molecular weight excluding hydrogens is 310 g/mol. The summed E-state index contributed by atoms with van der Waals surface area (Å²) in [7, 11) is 0. The number of piperazine rings is 1. The van der Waals surface area contributed by atoms with Gasteiger partial charge >= 0.3 is 6.09 Å². The highest BCUT2D eigenvalue weighted by Gasteiger charge is 2.22. The molecule has 0 saturated carbocycles. The molecule has 21 heavy (non-hydrogen) atoms. The fourth-order valence-corrected chi connectivity index (χ4v) is 3.40. The maximum atomic E-state index is 10.9. The Bertz CT molecular complexity index is 653. The second kappa shape index (κ2) is 5.91. The zero-order valence-electron chi connectivity index (χ0n) is 11.2. The van der Waals surface area contributed by atoms with Crippen molar-refractivity contribution >= 4 is 34.2 Å². The summed E-state index contributed by atoms with van der Waals surface area (Å²) in [5, 5.41) is 12.5. The quantitative estimate of drug-likeness (QED) is 0.921. The topological polar surface area (TPSA) is 56.7 Å². The van der Waals surface area contributed by atoms with Crippen LogP contribution in [0.4, 0.5) is 9.93 Å². The van der Waals surface area contributed by atoms with E-state index in [1.807, 2.05) is 29.6 Å². The smallest absolute Gasteiger partial charge is 0.407 e. The third kappa shape index (κ3) is 2.96. The van der Waals surface area contributed by atoms with Crippen molar-refractivity contribution in [2.24, 2.45) is 0 Å². The van der Waals surface area contributed by atoms with Gasteiger partial charge in [-0.2, -0.15) is 0 Å². The van der Waals surface area contributed by atoms with Crippen LogP contribution < -0.4 is 4.90 Å². The lowest BCUT2D eigenvalue weighted by molar-refractivity contribution is 0.142. The lowest BCUT2D eigenvalue weighted by Gasteiger charge is -2.32. The van der Waals surface area contributed by atoms with Gasteiger partial charge in [-0.3, -0.25) is 0 Å². The number of thiazole rings is 1. The van der Waals surface area contributed by atoms with E-state index < -0.39 is 6.09 Å². The minimum atomic E-state index is -0.856. The number of nitrogens with zero attached hydrogens (tertiary/aromatic N) is 3. The molecule has 3 rings (SSSR count). The molecule has 1 aliphatic rings. The number of rotatable bonds is 2. The fourth-order valence-electron chi connectivity index (χ4n) is 2.29. The Kier molecular flexibility index (Phi) is 3.98.